The van der Waals surface area contributed by atoms with Gasteiger partial charge in [-0.1, -0.05) is 48.1 Å². The van der Waals surface area contributed by atoms with E-state index in [0.29, 0.717) is 6.61 Å². The zero-order valence-electron chi connectivity index (χ0n) is 15.7. The first kappa shape index (κ1) is 20.2. The highest BCUT2D eigenvalue weighted by atomic mass is 35.5. The summed E-state index contributed by atoms with van der Waals surface area (Å²) in [5.41, 5.74) is 3.29. The van der Waals surface area contributed by atoms with Gasteiger partial charge in [0.1, 0.15) is 23.1 Å². The van der Waals surface area contributed by atoms with Crippen molar-refractivity contribution in [1.82, 2.24) is 5.32 Å². The monoisotopic (exact) mass is 411 g/mol. The number of methoxy groups -OCH3 is 1. The van der Waals surface area contributed by atoms with Crippen LogP contribution in [0.3, 0.4) is 0 Å². The Morgan fingerprint density at radius 3 is 2.11 bits per heavy atom. The van der Waals surface area contributed by atoms with Crippen LogP contribution in [-0.4, -0.2) is 18.6 Å². The molecular weight excluding hydrogens is 390 g/mol. The number of ether oxygens (including phenoxy) is 2. The minimum atomic E-state index is 0.501. The molecule has 0 saturated carbocycles. The largest absolute Gasteiger partial charge is 0.497 e. The van der Waals surface area contributed by atoms with Crippen LogP contribution in [0.25, 0.3) is 0 Å². The summed E-state index contributed by atoms with van der Waals surface area (Å²) in [6.07, 6.45) is 0.895. The van der Waals surface area contributed by atoms with Gasteiger partial charge in [-0.05, 0) is 66.1 Å². The quantitative estimate of drug-likeness (QED) is 0.500. The minimum Gasteiger partial charge on any atom is -0.497 e. The topological polar surface area (TPSA) is 30.5 Å². The lowest BCUT2D eigenvalue weighted by Crippen LogP contribution is -2.24. The lowest BCUT2D eigenvalue weighted by molar-refractivity contribution is 0.306. The number of hydrogen-bond acceptors (Lipinski definition) is 3. The highest BCUT2D eigenvalue weighted by molar-refractivity contribution is 7.80. The molecule has 0 amide bonds. The molecule has 0 radical (unpaired) electrons. The third-order valence-corrected chi connectivity index (χ3v) is 4.93. The van der Waals surface area contributed by atoms with Crippen LogP contribution in [0.1, 0.15) is 16.7 Å². The van der Waals surface area contributed by atoms with Crippen LogP contribution in [0.4, 0.5) is 0 Å². The molecule has 28 heavy (non-hydrogen) atoms. The lowest BCUT2D eigenvalue weighted by atomic mass is 10.1. The normalized spacial score (nSPS) is 10.4. The van der Waals surface area contributed by atoms with Crippen LogP contribution in [0.15, 0.2) is 72.8 Å². The molecule has 0 bridgehead atoms. The van der Waals surface area contributed by atoms with Crippen molar-refractivity contribution < 1.29 is 9.47 Å². The highest BCUT2D eigenvalue weighted by Crippen LogP contribution is 2.16. The van der Waals surface area contributed by atoms with Crippen LogP contribution in [0.5, 0.6) is 11.5 Å². The summed E-state index contributed by atoms with van der Waals surface area (Å²) >= 11 is 11.4. The van der Waals surface area contributed by atoms with E-state index in [9.17, 15) is 0 Å². The highest BCUT2D eigenvalue weighted by Gasteiger charge is 2.03. The molecule has 144 valence electrons. The number of halogens is 1. The van der Waals surface area contributed by atoms with E-state index in [1.165, 1.54) is 5.56 Å². The van der Waals surface area contributed by atoms with Gasteiger partial charge in [-0.2, -0.15) is 0 Å². The van der Waals surface area contributed by atoms with E-state index >= 15 is 0 Å². The molecule has 0 aliphatic carbocycles. The van der Waals surface area contributed by atoms with Crippen LogP contribution in [0.2, 0.25) is 5.02 Å². The molecule has 3 nitrogen and oxygen atoms in total. The summed E-state index contributed by atoms with van der Waals surface area (Å²) < 4.78 is 11.0. The molecule has 0 unspecified atom stereocenters. The van der Waals surface area contributed by atoms with E-state index in [1.54, 1.807) is 7.11 Å². The Labute approximate surface area is 176 Å². The number of thiocarbonyl (C=S) groups is 1. The first-order valence-electron chi connectivity index (χ1n) is 9.02. The Morgan fingerprint density at radius 1 is 0.857 bits per heavy atom. The van der Waals surface area contributed by atoms with Crippen LogP contribution in [-0.2, 0) is 13.0 Å². The van der Waals surface area contributed by atoms with Gasteiger partial charge in [-0.3, -0.25) is 0 Å². The van der Waals surface area contributed by atoms with Gasteiger partial charge >= 0.3 is 0 Å². The lowest BCUT2D eigenvalue weighted by Gasteiger charge is -2.10. The third kappa shape index (κ3) is 5.98. The average molecular weight is 412 g/mol. The maximum atomic E-state index is 5.90. The zero-order chi connectivity index (χ0) is 19.8. The van der Waals surface area contributed by atoms with Crippen molar-refractivity contribution in [3.63, 3.8) is 0 Å². The Hall–Kier alpha value is -2.56. The standard InChI is InChI=1S/C23H22ClNO2S/c1-26-21-10-4-17(5-11-21)14-15-25-23(28)19-6-12-22(13-7-19)27-16-18-2-8-20(24)9-3-18/h2-13H,14-16H2,1H3,(H,25,28). The fourth-order valence-corrected chi connectivity index (χ4v) is 3.03. The van der Waals surface area contributed by atoms with E-state index in [1.807, 2.05) is 60.7 Å². The van der Waals surface area contributed by atoms with Gasteiger partial charge in [0.2, 0.25) is 0 Å². The Bertz CT molecular complexity index is 893. The molecule has 0 aromatic heterocycles. The van der Waals surface area contributed by atoms with Crippen molar-refractivity contribution in [1.29, 1.82) is 0 Å². The van der Waals surface area contributed by atoms with Crippen molar-refractivity contribution in [3.8, 4) is 11.5 Å². The molecule has 0 saturated heterocycles. The summed E-state index contributed by atoms with van der Waals surface area (Å²) in [5, 5.41) is 4.03. The molecule has 5 heteroatoms. The number of hydrogen-bond donors (Lipinski definition) is 1. The summed E-state index contributed by atoms with van der Waals surface area (Å²) in [7, 11) is 1.67. The van der Waals surface area contributed by atoms with Gasteiger partial charge in [0.05, 0.1) is 7.11 Å². The Morgan fingerprint density at radius 2 is 1.46 bits per heavy atom. The predicted molar refractivity (Wildman–Crippen MR) is 119 cm³/mol. The smallest absolute Gasteiger partial charge is 0.119 e. The van der Waals surface area contributed by atoms with Gasteiger partial charge in [-0.25, -0.2) is 0 Å². The van der Waals surface area contributed by atoms with Crippen LogP contribution < -0.4 is 14.8 Å². The predicted octanol–water partition coefficient (Wildman–Crippen LogP) is 5.44. The van der Waals surface area contributed by atoms with Crippen molar-refractivity contribution in [2.24, 2.45) is 0 Å². The van der Waals surface area contributed by atoms with Crippen LogP contribution >= 0.6 is 23.8 Å². The summed E-state index contributed by atoms with van der Waals surface area (Å²) in [4.78, 5) is 0.734. The molecule has 3 aromatic rings. The molecule has 1 N–H and O–H groups in total. The van der Waals surface area contributed by atoms with Gasteiger partial charge in [-0.15, -0.1) is 0 Å². The van der Waals surface area contributed by atoms with Gasteiger partial charge < -0.3 is 14.8 Å². The molecule has 0 aliphatic rings. The maximum Gasteiger partial charge on any atom is 0.119 e. The second-order valence-corrected chi connectivity index (χ2v) is 7.14. The molecule has 0 heterocycles. The maximum absolute atomic E-state index is 5.90. The minimum absolute atomic E-state index is 0.501. The van der Waals surface area contributed by atoms with Crippen molar-refractivity contribution >= 4 is 28.8 Å². The van der Waals surface area contributed by atoms with Crippen molar-refractivity contribution in [2.45, 2.75) is 13.0 Å². The fourth-order valence-electron chi connectivity index (χ4n) is 2.66. The van der Waals surface area contributed by atoms with Gasteiger partial charge in [0.15, 0.2) is 0 Å². The number of rotatable bonds is 8. The number of benzene rings is 3. The van der Waals surface area contributed by atoms with E-state index < -0.39 is 0 Å². The fraction of sp³-hybridized carbons (Fsp3) is 0.174. The molecule has 3 rings (SSSR count). The van der Waals surface area contributed by atoms with E-state index in [-0.39, 0.29) is 0 Å². The molecule has 3 aromatic carbocycles. The zero-order valence-corrected chi connectivity index (χ0v) is 17.2. The van der Waals surface area contributed by atoms with E-state index in [2.05, 4.69) is 17.4 Å². The van der Waals surface area contributed by atoms with E-state index in [0.717, 1.165) is 45.6 Å². The summed E-state index contributed by atoms with van der Waals surface area (Å²) in [6.45, 7) is 1.28. The molecule has 0 atom stereocenters. The number of nitrogens with one attached hydrogen (secondary N) is 1. The Kier molecular flexibility index (Phi) is 7.29. The van der Waals surface area contributed by atoms with Crippen molar-refractivity contribution in [2.75, 3.05) is 13.7 Å². The van der Waals surface area contributed by atoms with E-state index in [4.69, 9.17) is 33.3 Å². The van der Waals surface area contributed by atoms with Crippen LogP contribution in [0, 0.1) is 0 Å². The Balaban J connectivity index is 1.45. The van der Waals surface area contributed by atoms with Gasteiger partial charge in [0.25, 0.3) is 0 Å². The molecule has 0 fully saturated rings. The summed E-state index contributed by atoms with van der Waals surface area (Å²) in [6, 6.07) is 23.5. The molecular formula is C23H22ClNO2S. The van der Waals surface area contributed by atoms with Gasteiger partial charge in [0, 0.05) is 17.1 Å². The first-order valence-corrected chi connectivity index (χ1v) is 9.81. The van der Waals surface area contributed by atoms with Crippen molar-refractivity contribution in [3.05, 3.63) is 94.5 Å². The second-order valence-electron chi connectivity index (χ2n) is 6.29. The average Bonchev–Trinajstić information content (AvgIpc) is 2.74. The third-order valence-electron chi connectivity index (χ3n) is 4.29. The SMILES string of the molecule is COc1ccc(CCNC(=S)c2ccc(OCc3ccc(Cl)cc3)cc2)cc1. The summed E-state index contributed by atoms with van der Waals surface area (Å²) in [5.74, 6) is 1.67. The molecule has 0 spiro atoms. The first-order chi connectivity index (χ1) is 13.6. The molecule has 0 aliphatic heterocycles. The second kappa shape index (κ2) is 10.1.